The summed E-state index contributed by atoms with van der Waals surface area (Å²) in [6.07, 6.45) is 3.40. The van der Waals surface area contributed by atoms with Gasteiger partial charge in [0.05, 0.1) is 14.9 Å². The van der Waals surface area contributed by atoms with Gasteiger partial charge in [0, 0.05) is 6.54 Å². The largest absolute Gasteiger partial charge is 0.240 e. The van der Waals surface area contributed by atoms with Crippen LogP contribution in [0, 0.1) is 5.92 Å². The molecule has 2 rings (SSSR count). The van der Waals surface area contributed by atoms with Gasteiger partial charge in [0.15, 0.2) is 0 Å². The maximum Gasteiger partial charge on any atom is 0.240 e. The van der Waals surface area contributed by atoms with Gasteiger partial charge in [-0.15, -0.1) is 0 Å². The molecular weight excluding hydrogens is 281 g/mol. The molecule has 0 aliphatic heterocycles. The van der Waals surface area contributed by atoms with Crippen LogP contribution < -0.4 is 4.72 Å². The molecule has 1 N–H and O–H groups in total. The van der Waals surface area contributed by atoms with Crippen LogP contribution in [0.5, 0.6) is 0 Å². The van der Waals surface area contributed by atoms with Crippen LogP contribution in [0.3, 0.4) is 0 Å². The fraction of sp³-hybridized carbons (Fsp3) is 0.455. The zero-order valence-corrected chi connectivity index (χ0v) is 11.4. The Morgan fingerprint density at radius 1 is 1.24 bits per heavy atom. The van der Waals surface area contributed by atoms with E-state index in [1.807, 2.05) is 0 Å². The summed E-state index contributed by atoms with van der Waals surface area (Å²) in [7, 11) is -3.46. The molecule has 0 saturated heterocycles. The van der Waals surface area contributed by atoms with E-state index in [0.29, 0.717) is 17.5 Å². The van der Waals surface area contributed by atoms with Crippen LogP contribution in [-0.2, 0) is 10.0 Å². The van der Waals surface area contributed by atoms with Crippen molar-refractivity contribution in [3.63, 3.8) is 0 Å². The topological polar surface area (TPSA) is 46.2 Å². The molecule has 1 aliphatic rings. The molecule has 94 valence electrons. The van der Waals surface area contributed by atoms with Crippen molar-refractivity contribution >= 4 is 33.2 Å². The van der Waals surface area contributed by atoms with E-state index in [2.05, 4.69) is 4.72 Å². The third-order valence-electron chi connectivity index (χ3n) is 2.99. The van der Waals surface area contributed by atoms with E-state index >= 15 is 0 Å². The van der Waals surface area contributed by atoms with E-state index in [4.69, 9.17) is 23.2 Å². The van der Waals surface area contributed by atoms with E-state index in [0.717, 1.165) is 12.8 Å². The predicted molar refractivity (Wildman–Crippen MR) is 69.0 cm³/mol. The molecule has 1 fully saturated rings. The molecule has 17 heavy (non-hydrogen) atoms. The standard InChI is InChI=1S/C11H13Cl2NO2S/c12-10-5-4-9(6-11(10)13)17(15,16)14-7-8-2-1-3-8/h4-6,8,14H,1-3,7H2. The summed E-state index contributed by atoms with van der Waals surface area (Å²) in [5.41, 5.74) is 0. The molecule has 0 spiro atoms. The average Bonchev–Trinajstić information content (AvgIpc) is 2.19. The monoisotopic (exact) mass is 293 g/mol. The zero-order valence-electron chi connectivity index (χ0n) is 9.12. The molecule has 3 nitrogen and oxygen atoms in total. The zero-order chi connectivity index (χ0) is 12.5. The second-order valence-corrected chi connectivity index (χ2v) is 6.81. The van der Waals surface area contributed by atoms with Crippen LogP contribution in [-0.4, -0.2) is 15.0 Å². The summed E-state index contributed by atoms with van der Waals surface area (Å²) in [6, 6.07) is 4.31. The molecule has 0 bridgehead atoms. The van der Waals surface area contributed by atoms with Gasteiger partial charge in [-0.3, -0.25) is 0 Å². The van der Waals surface area contributed by atoms with Crippen molar-refractivity contribution in [1.82, 2.24) is 4.72 Å². The van der Waals surface area contributed by atoms with Gasteiger partial charge < -0.3 is 0 Å². The summed E-state index contributed by atoms with van der Waals surface area (Å²) in [4.78, 5) is 0.159. The first kappa shape index (κ1) is 13.1. The molecule has 6 heteroatoms. The number of halogens is 2. The number of benzene rings is 1. The first-order chi connectivity index (χ1) is 7.99. The molecule has 0 atom stereocenters. The van der Waals surface area contributed by atoms with Gasteiger partial charge in [-0.05, 0) is 37.0 Å². The second-order valence-electron chi connectivity index (χ2n) is 4.22. The van der Waals surface area contributed by atoms with Crippen molar-refractivity contribution in [2.45, 2.75) is 24.2 Å². The highest BCUT2D eigenvalue weighted by atomic mass is 35.5. The fourth-order valence-electron chi connectivity index (χ4n) is 1.65. The van der Waals surface area contributed by atoms with Gasteiger partial charge in [-0.25, -0.2) is 13.1 Å². The summed E-state index contributed by atoms with van der Waals surface area (Å²) in [6.45, 7) is 0.503. The van der Waals surface area contributed by atoms with Gasteiger partial charge in [-0.1, -0.05) is 29.6 Å². The Labute approximate surface area is 111 Å². The minimum atomic E-state index is -3.46. The van der Waals surface area contributed by atoms with Gasteiger partial charge >= 0.3 is 0 Å². The van der Waals surface area contributed by atoms with E-state index in [-0.39, 0.29) is 9.92 Å². The summed E-state index contributed by atoms with van der Waals surface area (Å²) in [5, 5.41) is 0.600. The van der Waals surface area contributed by atoms with Crippen molar-refractivity contribution in [3.8, 4) is 0 Å². The quantitative estimate of drug-likeness (QED) is 0.927. The summed E-state index contributed by atoms with van der Waals surface area (Å²) in [5.74, 6) is 0.479. The molecule has 1 saturated carbocycles. The highest BCUT2D eigenvalue weighted by molar-refractivity contribution is 7.89. The highest BCUT2D eigenvalue weighted by Crippen LogP contribution is 2.27. The average molecular weight is 294 g/mol. The van der Waals surface area contributed by atoms with Crippen LogP contribution in [0.25, 0.3) is 0 Å². The number of sulfonamides is 1. The van der Waals surface area contributed by atoms with Crippen molar-refractivity contribution < 1.29 is 8.42 Å². The minimum absolute atomic E-state index is 0.159. The van der Waals surface area contributed by atoms with E-state index in [1.165, 1.54) is 24.6 Å². The van der Waals surface area contributed by atoms with Crippen LogP contribution in [0.1, 0.15) is 19.3 Å². The lowest BCUT2D eigenvalue weighted by atomic mass is 9.86. The Balaban J connectivity index is 2.10. The lowest BCUT2D eigenvalue weighted by Crippen LogP contribution is -2.32. The molecule has 0 amide bonds. The highest BCUT2D eigenvalue weighted by Gasteiger charge is 2.21. The Bertz CT molecular complexity index is 512. The van der Waals surface area contributed by atoms with Crippen LogP contribution >= 0.6 is 23.2 Å². The molecule has 1 aromatic rings. The molecule has 0 unspecified atom stereocenters. The Kier molecular flexibility index (Phi) is 3.98. The Hall–Kier alpha value is -0.290. The third-order valence-corrected chi connectivity index (χ3v) is 5.15. The maximum absolute atomic E-state index is 11.9. The van der Waals surface area contributed by atoms with Crippen molar-refractivity contribution in [3.05, 3.63) is 28.2 Å². The Morgan fingerprint density at radius 3 is 2.47 bits per heavy atom. The predicted octanol–water partition coefficient (Wildman–Crippen LogP) is 3.07. The van der Waals surface area contributed by atoms with E-state index < -0.39 is 10.0 Å². The maximum atomic E-state index is 11.9. The van der Waals surface area contributed by atoms with Crippen molar-refractivity contribution in [2.75, 3.05) is 6.54 Å². The minimum Gasteiger partial charge on any atom is -0.211 e. The molecule has 0 aromatic heterocycles. The second kappa shape index (κ2) is 5.14. The Morgan fingerprint density at radius 2 is 1.94 bits per heavy atom. The molecule has 1 aromatic carbocycles. The van der Waals surface area contributed by atoms with Crippen LogP contribution in [0.15, 0.2) is 23.1 Å². The van der Waals surface area contributed by atoms with Crippen LogP contribution in [0.2, 0.25) is 10.0 Å². The van der Waals surface area contributed by atoms with Crippen molar-refractivity contribution in [2.24, 2.45) is 5.92 Å². The third kappa shape index (κ3) is 3.13. The lowest BCUT2D eigenvalue weighted by molar-refractivity contribution is 0.316. The molecular formula is C11H13Cl2NO2S. The number of hydrogen-bond acceptors (Lipinski definition) is 2. The number of rotatable bonds is 4. The first-order valence-corrected chi connectivity index (χ1v) is 7.67. The van der Waals surface area contributed by atoms with Crippen LogP contribution in [0.4, 0.5) is 0 Å². The first-order valence-electron chi connectivity index (χ1n) is 5.44. The van der Waals surface area contributed by atoms with Crippen molar-refractivity contribution in [1.29, 1.82) is 0 Å². The van der Waals surface area contributed by atoms with Gasteiger partial charge in [0.25, 0.3) is 0 Å². The summed E-state index contributed by atoms with van der Waals surface area (Å²) < 4.78 is 26.4. The number of hydrogen-bond donors (Lipinski definition) is 1. The van der Waals surface area contributed by atoms with Gasteiger partial charge in [-0.2, -0.15) is 0 Å². The molecule has 0 radical (unpaired) electrons. The van der Waals surface area contributed by atoms with E-state index in [1.54, 1.807) is 0 Å². The summed E-state index contributed by atoms with van der Waals surface area (Å²) >= 11 is 11.5. The van der Waals surface area contributed by atoms with Gasteiger partial charge in [0.1, 0.15) is 0 Å². The van der Waals surface area contributed by atoms with Gasteiger partial charge in [0.2, 0.25) is 10.0 Å². The SMILES string of the molecule is O=S(=O)(NCC1CCC1)c1ccc(Cl)c(Cl)c1. The number of nitrogens with one attached hydrogen (secondary N) is 1. The molecule has 0 heterocycles. The molecule has 1 aliphatic carbocycles. The van der Waals surface area contributed by atoms with E-state index in [9.17, 15) is 8.42 Å². The smallest absolute Gasteiger partial charge is 0.211 e. The fourth-order valence-corrected chi connectivity index (χ4v) is 3.16. The lowest BCUT2D eigenvalue weighted by Gasteiger charge is -2.25. The normalized spacial score (nSPS) is 16.8.